The van der Waals surface area contributed by atoms with Crippen LogP contribution in [0.5, 0.6) is 5.75 Å². The van der Waals surface area contributed by atoms with E-state index in [-0.39, 0.29) is 6.23 Å². The van der Waals surface area contributed by atoms with E-state index in [9.17, 15) is 0 Å². The molecule has 1 saturated heterocycles. The SMILES string of the molecule is Brc1cc(OC2CCC2)c2cnn(C3CCCCO3)c2c1. The molecule has 0 amide bonds. The van der Waals surface area contributed by atoms with Gasteiger partial charge in [-0.15, -0.1) is 0 Å². The lowest BCUT2D eigenvalue weighted by molar-refractivity contribution is -0.0366. The van der Waals surface area contributed by atoms with Crippen LogP contribution in [0, 0.1) is 0 Å². The van der Waals surface area contributed by atoms with E-state index in [1.165, 1.54) is 12.8 Å². The molecule has 1 aromatic heterocycles. The van der Waals surface area contributed by atoms with Gasteiger partial charge in [-0.1, -0.05) is 15.9 Å². The first kappa shape index (κ1) is 13.6. The number of halogens is 1. The summed E-state index contributed by atoms with van der Waals surface area (Å²) in [6.07, 6.45) is 9.31. The average Bonchev–Trinajstić information content (AvgIpc) is 2.87. The maximum absolute atomic E-state index is 6.12. The molecule has 1 aliphatic heterocycles. The summed E-state index contributed by atoms with van der Waals surface area (Å²) in [6, 6.07) is 4.16. The van der Waals surface area contributed by atoms with Crippen LogP contribution in [-0.2, 0) is 4.74 Å². The first-order valence-electron chi connectivity index (χ1n) is 7.76. The fraction of sp³-hybridized carbons (Fsp3) is 0.562. The Hall–Kier alpha value is -1.07. The van der Waals surface area contributed by atoms with Crippen molar-refractivity contribution in [2.75, 3.05) is 6.61 Å². The Morgan fingerprint density at radius 1 is 1.19 bits per heavy atom. The average molecular weight is 351 g/mol. The first-order chi connectivity index (χ1) is 10.3. The van der Waals surface area contributed by atoms with Crippen molar-refractivity contribution in [2.24, 2.45) is 0 Å². The van der Waals surface area contributed by atoms with Crippen LogP contribution >= 0.6 is 15.9 Å². The van der Waals surface area contributed by atoms with Crippen molar-refractivity contribution in [1.29, 1.82) is 0 Å². The normalized spacial score (nSPS) is 23.2. The summed E-state index contributed by atoms with van der Waals surface area (Å²) >= 11 is 3.59. The molecule has 0 N–H and O–H groups in total. The summed E-state index contributed by atoms with van der Waals surface area (Å²) in [5.41, 5.74) is 1.09. The lowest BCUT2D eigenvalue weighted by Gasteiger charge is -2.27. The Balaban J connectivity index is 1.72. The predicted molar refractivity (Wildman–Crippen MR) is 84.5 cm³/mol. The van der Waals surface area contributed by atoms with E-state index in [0.717, 1.165) is 53.4 Å². The van der Waals surface area contributed by atoms with Gasteiger partial charge in [0.2, 0.25) is 0 Å². The third kappa shape index (κ3) is 2.57. The van der Waals surface area contributed by atoms with Crippen molar-refractivity contribution in [3.05, 3.63) is 22.8 Å². The Morgan fingerprint density at radius 2 is 2.10 bits per heavy atom. The number of aromatic nitrogens is 2. The summed E-state index contributed by atoms with van der Waals surface area (Å²) in [6.45, 7) is 0.825. The van der Waals surface area contributed by atoms with Crippen LogP contribution in [0.1, 0.15) is 44.8 Å². The second-order valence-corrected chi connectivity index (χ2v) is 6.83. The van der Waals surface area contributed by atoms with Crippen molar-refractivity contribution < 1.29 is 9.47 Å². The van der Waals surface area contributed by atoms with E-state index in [0.29, 0.717) is 6.10 Å². The van der Waals surface area contributed by atoms with Crippen LogP contribution in [0.2, 0.25) is 0 Å². The molecule has 0 bridgehead atoms. The van der Waals surface area contributed by atoms with Gasteiger partial charge in [-0.25, -0.2) is 4.68 Å². The van der Waals surface area contributed by atoms with Crippen LogP contribution in [0.4, 0.5) is 0 Å². The Morgan fingerprint density at radius 3 is 2.81 bits per heavy atom. The van der Waals surface area contributed by atoms with E-state index in [1.807, 2.05) is 10.9 Å². The molecule has 2 aromatic rings. The van der Waals surface area contributed by atoms with Crippen molar-refractivity contribution in [2.45, 2.75) is 50.9 Å². The molecular weight excluding hydrogens is 332 g/mol. The van der Waals surface area contributed by atoms with Gasteiger partial charge in [0.15, 0.2) is 6.23 Å². The van der Waals surface area contributed by atoms with Crippen LogP contribution in [0.3, 0.4) is 0 Å². The zero-order valence-electron chi connectivity index (χ0n) is 11.9. The van der Waals surface area contributed by atoms with Gasteiger partial charge in [0.05, 0.1) is 23.2 Å². The van der Waals surface area contributed by atoms with E-state index in [1.54, 1.807) is 0 Å². The maximum Gasteiger partial charge on any atom is 0.150 e. The standard InChI is InChI=1S/C16H19BrN2O2/c17-11-8-14-13(15(9-11)21-12-4-3-5-12)10-18-19(14)16-6-1-2-7-20-16/h8-10,12,16H,1-7H2. The fourth-order valence-corrected chi connectivity index (χ4v) is 3.42. The highest BCUT2D eigenvalue weighted by molar-refractivity contribution is 9.10. The highest BCUT2D eigenvalue weighted by Gasteiger charge is 2.23. The lowest BCUT2D eigenvalue weighted by Crippen LogP contribution is -2.24. The van der Waals surface area contributed by atoms with Crippen molar-refractivity contribution in [1.82, 2.24) is 9.78 Å². The molecule has 5 heteroatoms. The smallest absolute Gasteiger partial charge is 0.150 e. The molecule has 1 atom stereocenters. The van der Waals surface area contributed by atoms with Crippen molar-refractivity contribution >= 4 is 26.8 Å². The topological polar surface area (TPSA) is 36.3 Å². The minimum atomic E-state index is 0.0575. The predicted octanol–water partition coefficient (Wildman–Crippen LogP) is 4.43. The molecule has 1 aromatic carbocycles. The number of nitrogens with zero attached hydrogens (tertiary/aromatic N) is 2. The highest BCUT2D eigenvalue weighted by atomic mass is 79.9. The highest BCUT2D eigenvalue weighted by Crippen LogP contribution is 2.36. The zero-order valence-corrected chi connectivity index (χ0v) is 13.5. The summed E-state index contributed by atoms with van der Waals surface area (Å²) < 4.78 is 15.0. The molecule has 0 radical (unpaired) electrons. The van der Waals surface area contributed by atoms with Gasteiger partial charge in [-0.2, -0.15) is 5.10 Å². The molecule has 0 spiro atoms. The van der Waals surface area contributed by atoms with Crippen molar-refractivity contribution in [3.8, 4) is 5.75 Å². The Kier molecular flexibility index (Phi) is 3.63. The molecule has 2 heterocycles. The molecule has 1 aliphatic carbocycles. The van der Waals surface area contributed by atoms with E-state index in [2.05, 4.69) is 33.2 Å². The van der Waals surface area contributed by atoms with Gasteiger partial charge in [-0.05, 0) is 50.7 Å². The largest absolute Gasteiger partial charge is 0.490 e. The third-order valence-electron chi connectivity index (χ3n) is 4.42. The van der Waals surface area contributed by atoms with E-state index < -0.39 is 0 Å². The van der Waals surface area contributed by atoms with Gasteiger partial charge in [0.1, 0.15) is 5.75 Å². The lowest BCUT2D eigenvalue weighted by atomic mass is 9.96. The molecule has 1 saturated carbocycles. The number of rotatable bonds is 3. The quantitative estimate of drug-likeness (QED) is 0.821. The number of fused-ring (bicyclic) bond motifs is 1. The maximum atomic E-state index is 6.12. The molecule has 1 unspecified atom stereocenters. The van der Waals surface area contributed by atoms with E-state index in [4.69, 9.17) is 9.47 Å². The van der Waals surface area contributed by atoms with Crippen LogP contribution in [0.15, 0.2) is 22.8 Å². The van der Waals surface area contributed by atoms with E-state index >= 15 is 0 Å². The van der Waals surface area contributed by atoms with Gasteiger partial charge in [-0.3, -0.25) is 0 Å². The van der Waals surface area contributed by atoms with Crippen LogP contribution < -0.4 is 4.74 Å². The van der Waals surface area contributed by atoms with Crippen LogP contribution in [0.25, 0.3) is 10.9 Å². The summed E-state index contributed by atoms with van der Waals surface area (Å²) in [5, 5.41) is 5.65. The molecule has 112 valence electrons. The number of hydrogen-bond donors (Lipinski definition) is 0. The minimum absolute atomic E-state index is 0.0575. The molecule has 4 rings (SSSR count). The fourth-order valence-electron chi connectivity index (χ4n) is 2.99. The summed E-state index contributed by atoms with van der Waals surface area (Å²) in [7, 11) is 0. The molecule has 21 heavy (non-hydrogen) atoms. The van der Waals surface area contributed by atoms with Crippen molar-refractivity contribution in [3.63, 3.8) is 0 Å². The second-order valence-electron chi connectivity index (χ2n) is 5.92. The third-order valence-corrected chi connectivity index (χ3v) is 4.88. The molecule has 2 aliphatic rings. The zero-order chi connectivity index (χ0) is 14.2. The molecule has 4 nitrogen and oxygen atoms in total. The second kappa shape index (κ2) is 5.61. The number of benzene rings is 1. The van der Waals surface area contributed by atoms with Gasteiger partial charge in [0, 0.05) is 11.1 Å². The first-order valence-corrected chi connectivity index (χ1v) is 8.55. The Labute approximate surface area is 132 Å². The van der Waals surface area contributed by atoms with Gasteiger partial charge >= 0.3 is 0 Å². The molecule has 2 fully saturated rings. The molecular formula is C16H19BrN2O2. The summed E-state index contributed by atoms with van der Waals surface area (Å²) in [5.74, 6) is 0.936. The van der Waals surface area contributed by atoms with Gasteiger partial charge < -0.3 is 9.47 Å². The monoisotopic (exact) mass is 350 g/mol. The summed E-state index contributed by atoms with van der Waals surface area (Å²) in [4.78, 5) is 0. The number of ether oxygens (including phenoxy) is 2. The minimum Gasteiger partial charge on any atom is -0.490 e. The number of hydrogen-bond acceptors (Lipinski definition) is 3. The van der Waals surface area contributed by atoms with Gasteiger partial charge in [0.25, 0.3) is 0 Å². The van der Waals surface area contributed by atoms with Crippen LogP contribution in [-0.4, -0.2) is 22.5 Å². The Bertz CT molecular complexity index is 645.